The Balaban J connectivity index is 1.96. The smallest absolute Gasteiger partial charge is 0.161 e. The molecule has 5 nitrogen and oxygen atoms in total. The van der Waals surface area contributed by atoms with Crippen LogP contribution in [0.3, 0.4) is 0 Å². The number of likely N-dealkylation sites (tertiary alicyclic amines) is 1. The van der Waals surface area contributed by atoms with Gasteiger partial charge in [0.2, 0.25) is 0 Å². The van der Waals surface area contributed by atoms with Crippen LogP contribution in [0, 0.1) is 6.92 Å². The second-order valence-electron chi connectivity index (χ2n) is 5.40. The van der Waals surface area contributed by atoms with Crippen molar-refractivity contribution in [3.63, 3.8) is 0 Å². The van der Waals surface area contributed by atoms with Crippen molar-refractivity contribution < 1.29 is 0 Å². The zero-order valence-electron chi connectivity index (χ0n) is 11.7. The number of aromatic nitrogens is 3. The molecule has 1 unspecified atom stereocenters. The van der Waals surface area contributed by atoms with Crippen LogP contribution in [0.2, 0.25) is 5.15 Å². The fourth-order valence-corrected chi connectivity index (χ4v) is 3.08. The molecule has 0 bridgehead atoms. The highest BCUT2D eigenvalue weighted by Crippen LogP contribution is 2.28. The molecule has 3 rings (SSSR count). The lowest BCUT2D eigenvalue weighted by molar-refractivity contribution is 0.261. The Morgan fingerprint density at radius 2 is 2.25 bits per heavy atom. The van der Waals surface area contributed by atoms with Crippen molar-refractivity contribution in [3.05, 3.63) is 23.1 Å². The van der Waals surface area contributed by atoms with Crippen molar-refractivity contribution in [2.24, 2.45) is 0 Å². The molecule has 3 heterocycles. The normalized spacial score (nSPS) is 20.2. The largest absolute Gasteiger partial charge is 0.364 e. The molecule has 106 valence electrons. The van der Waals surface area contributed by atoms with E-state index >= 15 is 0 Å². The van der Waals surface area contributed by atoms with Gasteiger partial charge in [0.05, 0.1) is 0 Å². The van der Waals surface area contributed by atoms with Gasteiger partial charge in [0.15, 0.2) is 11.0 Å². The van der Waals surface area contributed by atoms with E-state index in [9.17, 15) is 0 Å². The first-order valence-corrected chi connectivity index (χ1v) is 7.25. The summed E-state index contributed by atoms with van der Waals surface area (Å²) in [6, 6.07) is 2.35. The molecule has 1 fully saturated rings. The van der Waals surface area contributed by atoms with Crippen LogP contribution in [0.1, 0.15) is 18.5 Å². The number of hydrogen-bond donors (Lipinski definition) is 1. The van der Waals surface area contributed by atoms with E-state index in [0.29, 0.717) is 11.2 Å². The molecule has 1 aliphatic rings. The lowest BCUT2D eigenvalue weighted by Gasteiger charge is -2.30. The summed E-state index contributed by atoms with van der Waals surface area (Å²) >= 11 is 6.15. The molecule has 1 atom stereocenters. The Labute approximate surface area is 123 Å². The number of fused-ring (bicyclic) bond motifs is 1. The number of nitrogens with one attached hydrogen (secondary N) is 1. The van der Waals surface area contributed by atoms with Crippen LogP contribution in [-0.2, 0) is 0 Å². The van der Waals surface area contributed by atoms with E-state index in [-0.39, 0.29) is 0 Å². The van der Waals surface area contributed by atoms with Crippen LogP contribution in [-0.4, -0.2) is 46.3 Å². The van der Waals surface area contributed by atoms with E-state index in [1.54, 1.807) is 6.20 Å². The number of aryl methyl sites for hydroxylation is 1. The van der Waals surface area contributed by atoms with Gasteiger partial charge in [-0.3, -0.25) is 4.98 Å². The number of halogens is 1. The number of likely N-dealkylation sites (N-methyl/N-ethyl adjacent to an activating group) is 1. The van der Waals surface area contributed by atoms with E-state index < -0.39 is 0 Å². The van der Waals surface area contributed by atoms with Crippen LogP contribution in [0.4, 0.5) is 5.82 Å². The summed E-state index contributed by atoms with van der Waals surface area (Å²) < 4.78 is 0. The van der Waals surface area contributed by atoms with Gasteiger partial charge in [-0.2, -0.15) is 0 Å². The summed E-state index contributed by atoms with van der Waals surface area (Å²) in [5.74, 6) is 0.801. The Morgan fingerprint density at radius 3 is 3.05 bits per heavy atom. The zero-order valence-corrected chi connectivity index (χ0v) is 12.5. The van der Waals surface area contributed by atoms with Crippen molar-refractivity contribution in [1.29, 1.82) is 0 Å². The standard InChI is InChI=1S/C14H18ClN5/c1-9-12-11(5-6-16-9)14(19-18-13(12)15)17-10-4-3-7-20(2)8-10/h5-6,10H,3-4,7-8H2,1-2H3,(H,17,19). The molecule has 0 aliphatic carbocycles. The van der Waals surface area contributed by atoms with Crippen LogP contribution in [0.5, 0.6) is 0 Å². The zero-order chi connectivity index (χ0) is 14.1. The third kappa shape index (κ3) is 2.55. The van der Waals surface area contributed by atoms with Gasteiger partial charge >= 0.3 is 0 Å². The van der Waals surface area contributed by atoms with Gasteiger partial charge in [0, 0.05) is 35.2 Å². The summed E-state index contributed by atoms with van der Waals surface area (Å²) in [6.45, 7) is 4.12. The summed E-state index contributed by atoms with van der Waals surface area (Å²) in [5, 5.41) is 14.1. The second kappa shape index (κ2) is 5.50. The Bertz CT molecular complexity index is 622. The molecule has 0 radical (unpaired) electrons. The molecule has 6 heteroatoms. The van der Waals surface area contributed by atoms with E-state index in [1.807, 2.05) is 13.0 Å². The fraction of sp³-hybridized carbons (Fsp3) is 0.500. The molecular weight excluding hydrogens is 274 g/mol. The lowest BCUT2D eigenvalue weighted by atomic mass is 10.1. The van der Waals surface area contributed by atoms with Gasteiger partial charge in [0.1, 0.15) is 0 Å². The van der Waals surface area contributed by atoms with Gasteiger partial charge in [-0.1, -0.05) is 11.6 Å². The summed E-state index contributed by atoms with van der Waals surface area (Å²) in [5.41, 5.74) is 0.881. The molecule has 1 saturated heterocycles. The van der Waals surface area contributed by atoms with E-state index in [0.717, 1.165) is 41.8 Å². The summed E-state index contributed by atoms with van der Waals surface area (Å²) in [7, 11) is 2.15. The molecule has 2 aromatic heterocycles. The predicted molar refractivity (Wildman–Crippen MR) is 81.2 cm³/mol. The van der Waals surface area contributed by atoms with Crippen molar-refractivity contribution in [1.82, 2.24) is 20.1 Å². The van der Waals surface area contributed by atoms with E-state index in [2.05, 4.69) is 32.4 Å². The number of piperidine rings is 1. The van der Waals surface area contributed by atoms with Crippen LogP contribution in [0.25, 0.3) is 10.8 Å². The SMILES string of the molecule is Cc1nccc2c(NC3CCCN(C)C3)nnc(Cl)c12. The highest BCUT2D eigenvalue weighted by Gasteiger charge is 2.19. The van der Waals surface area contributed by atoms with Crippen molar-refractivity contribution in [2.45, 2.75) is 25.8 Å². The maximum Gasteiger partial charge on any atom is 0.161 e. The maximum atomic E-state index is 6.15. The average molecular weight is 292 g/mol. The molecule has 0 saturated carbocycles. The molecule has 1 N–H and O–H groups in total. The first kappa shape index (κ1) is 13.5. The molecule has 20 heavy (non-hydrogen) atoms. The van der Waals surface area contributed by atoms with Gasteiger partial charge in [0.25, 0.3) is 0 Å². The minimum atomic E-state index is 0.404. The number of rotatable bonds is 2. The number of anilines is 1. The van der Waals surface area contributed by atoms with Crippen molar-refractivity contribution >= 4 is 28.2 Å². The molecule has 0 amide bonds. The van der Waals surface area contributed by atoms with E-state index in [1.165, 1.54) is 6.42 Å². The molecular formula is C14H18ClN5. The van der Waals surface area contributed by atoms with Crippen LogP contribution >= 0.6 is 11.6 Å². The minimum Gasteiger partial charge on any atom is -0.364 e. The third-order valence-electron chi connectivity index (χ3n) is 3.81. The van der Waals surface area contributed by atoms with Gasteiger partial charge in [-0.15, -0.1) is 10.2 Å². The Morgan fingerprint density at radius 1 is 1.40 bits per heavy atom. The van der Waals surface area contributed by atoms with E-state index in [4.69, 9.17) is 11.6 Å². The quantitative estimate of drug-likeness (QED) is 0.921. The minimum absolute atomic E-state index is 0.404. The van der Waals surface area contributed by atoms with Crippen LogP contribution < -0.4 is 5.32 Å². The van der Waals surface area contributed by atoms with Gasteiger partial charge in [-0.25, -0.2) is 0 Å². The average Bonchev–Trinajstić information content (AvgIpc) is 2.42. The molecule has 0 aromatic carbocycles. The van der Waals surface area contributed by atoms with Crippen LogP contribution in [0.15, 0.2) is 12.3 Å². The number of hydrogen-bond acceptors (Lipinski definition) is 5. The fourth-order valence-electron chi connectivity index (χ4n) is 2.81. The van der Waals surface area contributed by atoms with Gasteiger partial charge in [-0.05, 0) is 39.4 Å². The first-order chi connectivity index (χ1) is 9.65. The highest BCUT2D eigenvalue weighted by atomic mass is 35.5. The van der Waals surface area contributed by atoms with Crippen molar-refractivity contribution in [3.8, 4) is 0 Å². The Kier molecular flexibility index (Phi) is 3.72. The molecule has 2 aromatic rings. The molecule has 1 aliphatic heterocycles. The topological polar surface area (TPSA) is 53.9 Å². The number of nitrogens with zero attached hydrogens (tertiary/aromatic N) is 4. The summed E-state index contributed by atoms with van der Waals surface area (Å²) in [6.07, 6.45) is 4.14. The maximum absolute atomic E-state index is 6.15. The monoisotopic (exact) mass is 291 g/mol. The second-order valence-corrected chi connectivity index (χ2v) is 5.76. The Hall–Kier alpha value is -1.46. The predicted octanol–water partition coefficient (Wildman–Crippen LogP) is 2.49. The lowest BCUT2D eigenvalue weighted by Crippen LogP contribution is -2.40. The third-order valence-corrected chi connectivity index (χ3v) is 4.07. The van der Waals surface area contributed by atoms with Crippen molar-refractivity contribution in [2.75, 3.05) is 25.5 Å². The molecule has 0 spiro atoms. The van der Waals surface area contributed by atoms with Gasteiger partial charge < -0.3 is 10.2 Å². The number of pyridine rings is 1. The summed E-state index contributed by atoms with van der Waals surface area (Å²) in [4.78, 5) is 6.61. The highest BCUT2D eigenvalue weighted by molar-refractivity contribution is 6.34. The first-order valence-electron chi connectivity index (χ1n) is 6.87.